The molecule has 90 valence electrons. The van der Waals surface area contributed by atoms with Gasteiger partial charge >= 0.3 is 0 Å². The average Bonchev–Trinajstić information content (AvgIpc) is 2.98. The van der Waals surface area contributed by atoms with Gasteiger partial charge in [-0.15, -0.1) is 0 Å². The number of fused-ring (bicyclic) bond motifs is 1. The Kier molecular flexibility index (Phi) is 2.77. The molecular weight excluding hydrogens is 212 g/mol. The third-order valence-electron chi connectivity index (χ3n) is 3.58. The summed E-state index contributed by atoms with van der Waals surface area (Å²) in [5, 5.41) is 4.75. The van der Waals surface area contributed by atoms with Crippen molar-refractivity contribution in [2.24, 2.45) is 0 Å². The minimum absolute atomic E-state index is 0.608. The van der Waals surface area contributed by atoms with E-state index in [4.69, 9.17) is 4.74 Å². The lowest BCUT2D eigenvalue weighted by molar-refractivity contribution is 0.407. The van der Waals surface area contributed by atoms with E-state index in [1.54, 1.807) is 7.11 Å². The molecule has 0 amide bonds. The lowest BCUT2D eigenvalue weighted by atomic mass is 10.0. The SMILES string of the molecule is COc1cc2cc[nH]c2cc1CC1CCCN1. The van der Waals surface area contributed by atoms with Crippen molar-refractivity contribution >= 4 is 10.9 Å². The van der Waals surface area contributed by atoms with Crippen molar-refractivity contribution in [2.75, 3.05) is 13.7 Å². The summed E-state index contributed by atoms with van der Waals surface area (Å²) in [7, 11) is 1.75. The van der Waals surface area contributed by atoms with Gasteiger partial charge in [-0.3, -0.25) is 0 Å². The van der Waals surface area contributed by atoms with E-state index in [0.717, 1.165) is 18.7 Å². The Morgan fingerprint density at radius 3 is 3.12 bits per heavy atom. The lowest BCUT2D eigenvalue weighted by Gasteiger charge is -2.13. The first kappa shape index (κ1) is 10.7. The van der Waals surface area contributed by atoms with Crippen molar-refractivity contribution in [3.05, 3.63) is 30.0 Å². The molecule has 0 radical (unpaired) electrons. The van der Waals surface area contributed by atoms with Crippen LogP contribution in [0.5, 0.6) is 5.75 Å². The van der Waals surface area contributed by atoms with E-state index in [0.29, 0.717) is 6.04 Å². The first-order valence-electron chi connectivity index (χ1n) is 6.24. The first-order valence-corrected chi connectivity index (χ1v) is 6.24. The molecule has 0 spiro atoms. The van der Waals surface area contributed by atoms with Crippen LogP contribution >= 0.6 is 0 Å². The largest absolute Gasteiger partial charge is 0.496 e. The van der Waals surface area contributed by atoms with E-state index in [-0.39, 0.29) is 0 Å². The van der Waals surface area contributed by atoms with Crippen molar-refractivity contribution in [3.8, 4) is 5.75 Å². The van der Waals surface area contributed by atoms with Gasteiger partial charge in [-0.1, -0.05) is 0 Å². The van der Waals surface area contributed by atoms with Crippen LogP contribution in [0.25, 0.3) is 10.9 Å². The van der Waals surface area contributed by atoms with Gasteiger partial charge in [0.25, 0.3) is 0 Å². The van der Waals surface area contributed by atoms with Crippen molar-refractivity contribution < 1.29 is 4.74 Å². The Labute approximate surface area is 101 Å². The quantitative estimate of drug-likeness (QED) is 0.850. The van der Waals surface area contributed by atoms with Gasteiger partial charge in [-0.05, 0) is 49.6 Å². The van der Waals surface area contributed by atoms with Gasteiger partial charge in [0.1, 0.15) is 5.75 Å². The summed E-state index contributed by atoms with van der Waals surface area (Å²) in [6.45, 7) is 1.15. The maximum atomic E-state index is 5.49. The molecule has 17 heavy (non-hydrogen) atoms. The van der Waals surface area contributed by atoms with Gasteiger partial charge < -0.3 is 15.0 Å². The number of hydrogen-bond donors (Lipinski definition) is 2. The highest BCUT2D eigenvalue weighted by Gasteiger charge is 2.17. The summed E-state index contributed by atoms with van der Waals surface area (Å²) in [6, 6.07) is 7.02. The number of rotatable bonds is 3. The number of nitrogens with one attached hydrogen (secondary N) is 2. The molecule has 3 heteroatoms. The molecule has 2 heterocycles. The fourth-order valence-electron chi connectivity index (χ4n) is 2.67. The van der Waals surface area contributed by atoms with Crippen molar-refractivity contribution in [1.29, 1.82) is 0 Å². The molecule has 1 fully saturated rings. The fourth-order valence-corrected chi connectivity index (χ4v) is 2.67. The predicted octanol–water partition coefficient (Wildman–Crippen LogP) is 2.47. The van der Waals surface area contributed by atoms with Crippen LogP contribution < -0.4 is 10.1 Å². The molecule has 2 N–H and O–H groups in total. The maximum Gasteiger partial charge on any atom is 0.122 e. The van der Waals surface area contributed by atoms with Gasteiger partial charge in [0.15, 0.2) is 0 Å². The van der Waals surface area contributed by atoms with Gasteiger partial charge in [-0.2, -0.15) is 0 Å². The average molecular weight is 230 g/mol. The number of ether oxygens (including phenoxy) is 1. The van der Waals surface area contributed by atoms with Gasteiger partial charge in [-0.25, -0.2) is 0 Å². The topological polar surface area (TPSA) is 37.0 Å². The minimum atomic E-state index is 0.608. The summed E-state index contributed by atoms with van der Waals surface area (Å²) in [4.78, 5) is 3.26. The zero-order valence-electron chi connectivity index (χ0n) is 10.1. The maximum absolute atomic E-state index is 5.49. The van der Waals surface area contributed by atoms with Crippen molar-refractivity contribution in [3.63, 3.8) is 0 Å². The zero-order chi connectivity index (χ0) is 11.7. The molecule has 1 aromatic carbocycles. The number of H-pyrrole nitrogens is 1. The Bertz CT molecular complexity index is 512. The molecule has 1 aliphatic rings. The Balaban J connectivity index is 1.94. The molecule has 1 saturated heterocycles. The molecule has 0 aliphatic carbocycles. The summed E-state index contributed by atoms with van der Waals surface area (Å²) in [5.41, 5.74) is 2.49. The second-order valence-electron chi connectivity index (χ2n) is 4.73. The minimum Gasteiger partial charge on any atom is -0.496 e. The predicted molar refractivity (Wildman–Crippen MR) is 69.6 cm³/mol. The number of benzene rings is 1. The highest BCUT2D eigenvalue weighted by Crippen LogP contribution is 2.27. The summed E-state index contributed by atoms with van der Waals surface area (Å²) >= 11 is 0. The smallest absolute Gasteiger partial charge is 0.122 e. The van der Waals surface area contributed by atoms with Crippen molar-refractivity contribution in [2.45, 2.75) is 25.3 Å². The van der Waals surface area contributed by atoms with Crippen LogP contribution in [0.3, 0.4) is 0 Å². The van der Waals surface area contributed by atoms with Crippen LogP contribution in [-0.2, 0) is 6.42 Å². The first-order chi connectivity index (χ1) is 8.36. The normalized spacial score (nSPS) is 19.9. The van der Waals surface area contributed by atoms with Crippen LogP contribution in [-0.4, -0.2) is 24.7 Å². The molecule has 1 aliphatic heterocycles. The third-order valence-corrected chi connectivity index (χ3v) is 3.58. The van der Waals surface area contributed by atoms with Crippen LogP contribution in [0.1, 0.15) is 18.4 Å². The molecule has 3 rings (SSSR count). The number of hydrogen-bond acceptors (Lipinski definition) is 2. The third kappa shape index (κ3) is 2.03. The standard InChI is InChI=1S/C14H18N2O/c1-17-14-9-10-4-6-16-13(10)8-11(14)7-12-3-2-5-15-12/h4,6,8-9,12,15-16H,2-3,5,7H2,1H3. The second-order valence-corrected chi connectivity index (χ2v) is 4.73. The summed E-state index contributed by atoms with van der Waals surface area (Å²) in [6.07, 6.45) is 5.59. The van der Waals surface area contributed by atoms with Gasteiger partial charge in [0.2, 0.25) is 0 Å². The molecule has 2 aromatic rings. The number of aromatic nitrogens is 1. The molecule has 3 nitrogen and oxygen atoms in total. The van der Waals surface area contributed by atoms with Gasteiger partial charge in [0.05, 0.1) is 7.11 Å². The van der Waals surface area contributed by atoms with E-state index >= 15 is 0 Å². The molecular formula is C14H18N2O. The summed E-state index contributed by atoms with van der Waals surface area (Å²) < 4.78 is 5.49. The Morgan fingerprint density at radius 2 is 2.35 bits per heavy atom. The number of aromatic amines is 1. The van der Waals surface area contributed by atoms with E-state index in [1.165, 1.54) is 29.3 Å². The van der Waals surface area contributed by atoms with Crippen molar-refractivity contribution in [1.82, 2.24) is 10.3 Å². The highest BCUT2D eigenvalue weighted by atomic mass is 16.5. The Hall–Kier alpha value is -1.48. The van der Waals surface area contributed by atoms with E-state index in [2.05, 4.69) is 28.5 Å². The summed E-state index contributed by atoms with van der Waals surface area (Å²) in [5.74, 6) is 1.01. The van der Waals surface area contributed by atoms with E-state index in [9.17, 15) is 0 Å². The van der Waals surface area contributed by atoms with Crippen LogP contribution in [0.2, 0.25) is 0 Å². The monoisotopic (exact) mass is 230 g/mol. The molecule has 1 unspecified atom stereocenters. The molecule has 1 atom stereocenters. The molecule has 0 saturated carbocycles. The van der Waals surface area contributed by atoms with E-state index in [1.807, 2.05) is 6.20 Å². The van der Waals surface area contributed by atoms with Crippen LogP contribution in [0, 0.1) is 0 Å². The van der Waals surface area contributed by atoms with Crippen LogP contribution in [0.4, 0.5) is 0 Å². The lowest BCUT2D eigenvalue weighted by Crippen LogP contribution is -2.23. The fraction of sp³-hybridized carbons (Fsp3) is 0.429. The number of methoxy groups -OCH3 is 1. The zero-order valence-corrected chi connectivity index (χ0v) is 10.1. The van der Waals surface area contributed by atoms with Crippen LogP contribution in [0.15, 0.2) is 24.4 Å². The highest BCUT2D eigenvalue weighted by molar-refractivity contribution is 5.82. The Morgan fingerprint density at radius 1 is 1.41 bits per heavy atom. The van der Waals surface area contributed by atoms with Gasteiger partial charge in [0, 0.05) is 23.1 Å². The van der Waals surface area contributed by atoms with E-state index < -0.39 is 0 Å². The second kappa shape index (κ2) is 4.41. The molecule has 1 aromatic heterocycles. The molecule has 0 bridgehead atoms.